The van der Waals surface area contributed by atoms with E-state index in [1.54, 1.807) is 20.8 Å². The number of aryl methyl sites for hydroxylation is 1. The lowest BCUT2D eigenvalue weighted by molar-refractivity contribution is 0.0525. The number of hydrogen-bond donors (Lipinski definition) is 0. The van der Waals surface area contributed by atoms with Crippen LogP contribution in [0.4, 0.5) is 4.39 Å². The third kappa shape index (κ3) is 2.10. The molecule has 0 spiro atoms. The fraction of sp³-hybridized carbons (Fsp3) is 0.364. The summed E-state index contributed by atoms with van der Waals surface area (Å²) >= 11 is 0. The molecule has 0 aliphatic heterocycles. The average molecular weight is 196 g/mol. The number of benzene rings is 1. The second-order valence-electron chi connectivity index (χ2n) is 3.12. The quantitative estimate of drug-likeness (QED) is 0.679. The van der Waals surface area contributed by atoms with Gasteiger partial charge in [0.1, 0.15) is 5.82 Å². The molecule has 1 aromatic rings. The summed E-state index contributed by atoms with van der Waals surface area (Å²) in [5, 5.41) is 0. The van der Waals surface area contributed by atoms with Crippen molar-refractivity contribution in [3.05, 3.63) is 34.6 Å². The normalized spacial score (nSPS) is 10.0. The van der Waals surface area contributed by atoms with E-state index >= 15 is 0 Å². The van der Waals surface area contributed by atoms with Crippen molar-refractivity contribution in [2.45, 2.75) is 20.8 Å². The molecular formula is C11H13FO2. The SMILES string of the molecule is CCOC(=O)c1cc(F)cc(C)c1C. The minimum atomic E-state index is -0.465. The fourth-order valence-corrected chi connectivity index (χ4v) is 1.24. The zero-order valence-corrected chi connectivity index (χ0v) is 8.56. The van der Waals surface area contributed by atoms with Crippen molar-refractivity contribution >= 4 is 5.97 Å². The Morgan fingerprint density at radius 3 is 2.64 bits per heavy atom. The lowest BCUT2D eigenvalue weighted by Crippen LogP contribution is -2.08. The van der Waals surface area contributed by atoms with Gasteiger partial charge in [0.05, 0.1) is 12.2 Å². The van der Waals surface area contributed by atoms with E-state index in [1.165, 1.54) is 12.1 Å². The van der Waals surface area contributed by atoms with Crippen LogP contribution in [0.1, 0.15) is 28.4 Å². The molecule has 0 unspecified atom stereocenters. The molecule has 0 saturated heterocycles. The summed E-state index contributed by atoms with van der Waals surface area (Å²) in [5.74, 6) is -0.872. The average Bonchev–Trinajstić information content (AvgIpc) is 2.11. The smallest absolute Gasteiger partial charge is 0.338 e. The Morgan fingerprint density at radius 2 is 2.07 bits per heavy atom. The fourth-order valence-electron chi connectivity index (χ4n) is 1.24. The van der Waals surface area contributed by atoms with Gasteiger partial charge in [0.15, 0.2) is 0 Å². The molecule has 0 atom stereocenters. The molecule has 0 saturated carbocycles. The van der Waals surface area contributed by atoms with Gasteiger partial charge < -0.3 is 4.74 Å². The first-order chi connectivity index (χ1) is 6.56. The predicted octanol–water partition coefficient (Wildman–Crippen LogP) is 2.62. The van der Waals surface area contributed by atoms with Crippen molar-refractivity contribution in [2.75, 3.05) is 6.61 Å². The van der Waals surface area contributed by atoms with Crippen molar-refractivity contribution in [1.29, 1.82) is 0 Å². The Bertz CT molecular complexity index is 359. The molecule has 0 amide bonds. The molecule has 0 N–H and O–H groups in total. The van der Waals surface area contributed by atoms with E-state index in [0.29, 0.717) is 12.2 Å². The van der Waals surface area contributed by atoms with Gasteiger partial charge in [-0.05, 0) is 44.0 Å². The van der Waals surface area contributed by atoms with Gasteiger partial charge in [-0.2, -0.15) is 0 Å². The Balaban J connectivity index is 3.13. The molecule has 2 nitrogen and oxygen atoms in total. The monoisotopic (exact) mass is 196 g/mol. The maximum atomic E-state index is 13.0. The Labute approximate surface area is 82.7 Å². The Morgan fingerprint density at radius 1 is 1.43 bits per heavy atom. The molecule has 3 heteroatoms. The van der Waals surface area contributed by atoms with Crippen molar-refractivity contribution in [2.24, 2.45) is 0 Å². The van der Waals surface area contributed by atoms with Crippen molar-refractivity contribution < 1.29 is 13.9 Å². The number of rotatable bonds is 2. The number of halogens is 1. The van der Waals surface area contributed by atoms with Crippen LogP contribution in [0.25, 0.3) is 0 Å². The summed E-state index contributed by atoms with van der Waals surface area (Å²) in [4.78, 5) is 11.4. The van der Waals surface area contributed by atoms with Gasteiger partial charge in [-0.25, -0.2) is 9.18 Å². The highest BCUT2D eigenvalue weighted by Gasteiger charge is 2.12. The molecular weight excluding hydrogens is 183 g/mol. The zero-order valence-electron chi connectivity index (χ0n) is 8.56. The van der Waals surface area contributed by atoms with Gasteiger partial charge in [-0.3, -0.25) is 0 Å². The van der Waals surface area contributed by atoms with Gasteiger partial charge >= 0.3 is 5.97 Å². The van der Waals surface area contributed by atoms with Crippen LogP contribution in [0.5, 0.6) is 0 Å². The first kappa shape index (κ1) is 10.7. The largest absolute Gasteiger partial charge is 0.462 e. The molecule has 0 fully saturated rings. The highest BCUT2D eigenvalue weighted by molar-refractivity contribution is 5.91. The summed E-state index contributed by atoms with van der Waals surface area (Å²) in [6.07, 6.45) is 0. The molecule has 0 aliphatic rings. The third-order valence-corrected chi connectivity index (χ3v) is 2.13. The van der Waals surface area contributed by atoms with Gasteiger partial charge in [-0.15, -0.1) is 0 Å². The molecule has 76 valence electrons. The molecule has 1 aromatic carbocycles. The van der Waals surface area contributed by atoms with Gasteiger partial charge in [0, 0.05) is 0 Å². The van der Waals surface area contributed by atoms with Crippen LogP contribution < -0.4 is 0 Å². The van der Waals surface area contributed by atoms with Crippen LogP contribution in [-0.4, -0.2) is 12.6 Å². The molecule has 0 heterocycles. The summed E-state index contributed by atoms with van der Waals surface area (Å²) < 4.78 is 17.8. The second-order valence-corrected chi connectivity index (χ2v) is 3.12. The number of carbonyl (C=O) groups excluding carboxylic acids is 1. The molecule has 0 aliphatic carbocycles. The van der Waals surface area contributed by atoms with Gasteiger partial charge in [0.2, 0.25) is 0 Å². The third-order valence-electron chi connectivity index (χ3n) is 2.13. The summed E-state index contributed by atoms with van der Waals surface area (Å²) in [7, 11) is 0. The second kappa shape index (κ2) is 4.22. The van der Waals surface area contributed by atoms with Gasteiger partial charge in [-0.1, -0.05) is 0 Å². The van der Waals surface area contributed by atoms with E-state index in [1.807, 2.05) is 0 Å². The van der Waals surface area contributed by atoms with E-state index in [-0.39, 0.29) is 0 Å². The maximum absolute atomic E-state index is 13.0. The summed E-state index contributed by atoms with van der Waals surface area (Å²) in [5.41, 5.74) is 1.84. The summed E-state index contributed by atoms with van der Waals surface area (Å²) in [6, 6.07) is 2.61. The maximum Gasteiger partial charge on any atom is 0.338 e. The van der Waals surface area contributed by atoms with E-state index in [0.717, 1.165) is 11.1 Å². The minimum absolute atomic E-state index is 0.299. The Hall–Kier alpha value is -1.38. The van der Waals surface area contributed by atoms with Gasteiger partial charge in [0.25, 0.3) is 0 Å². The van der Waals surface area contributed by atoms with Crippen LogP contribution in [0.2, 0.25) is 0 Å². The first-order valence-electron chi connectivity index (χ1n) is 4.50. The number of hydrogen-bond acceptors (Lipinski definition) is 2. The molecule has 0 radical (unpaired) electrons. The van der Waals surface area contributed by atoms with E-state index < -0.39 is 11.8 Å². The summed E-state index contributed by atoms with van der Waals surface area (Å²) in [6.45, 7) is 5.56. The molecule has 1 rings (SSSR count). The minimum Gasteiger partial charge on any atom is -0.462 e. The highest BCUT2D eigenvalue weighted by Crippen LogP contribution is 2.16. The van der Waals surface area contributed by atoms with E-state index in [2.05, 4.69) is 0 Å². The van der Waals surface area contributed by atoms with Crippen LogP contribution in [0, 0.1) is 19.7 Å². The first-order valence-corrected chi connectivity index (χ1v) is 4.50. The van der Waals surface area contributed by atoms with Crippen LogP contribution >= 0.6 is 0 Å². The number of ether oxygens (including phenoxy) is 1. The number of esters is 1. The van der Waals surface area contributed by atoms with E-state index in [9.17, 15) is 9.18 Å². The lowest BCUT2D eigenvalue weighted by Gasteiger charge is -2.07. The van der Waals surface area contributed by atoms with Crippen molar-refractivity contribution in [1.82, 2.24) is 0 Å². The molecule has 0 bridgehead atoms. The molecule has 14 heavy (non-hydrogen) atoms. The van der Waals surface area contributed by atoms with Crippen molar-refractivity contribution in [3.63, 3.8) is 0 Å². The predicted molar refractivity (Wildman–Crippen MR) is 51.8 cm³/mol. The lowest BCUT2D eigenvalue weighted by atomic mass is 10.0. The van der Waals surface area contributed by atoms with E-state index in [4.69, 9.17) is 4.74 Å². The standard InChI is InChI=1S/C11H13FO2/c1-4-14-11(13)10-6-9(12)5-7(2)8(10)3/h5-6H,4H2,1-3H3. The van der Waals surface area contributed by atoms with Crippen LogP contribution in [0.15, 0.2) is 12.1 Å². The molecule has 0 aromatic heterocycles. The van der Waals surface area contributed by atoms with Crippen molar-refractivity contribution in [3.8, 4) is 0 Å². The zero-order chi connectivity index (χ0) is 10.7. The Kier molecular flexibility index (Phi) is 3.23. The highest BCUT2D eigenvalue weighted by atomic mass is 19.1. The topological polar surface area (TPSA) is 26.3 Å². The van der Waals surface area contributed by atoms with Crippen LogP contribution in [0.3, 0.4) is 0 Å². The van der Waals surface area contributed by atoms with Crippen LogP contribution in [-0.2, 0) is 4.74 Å². The number of carbonyl (C=O) groups is 1.